The fraction of sp³-hybridized carbons (Fsp3) is 0.333. The van der Waals surface area contributed by atoms with Crippen LogP contribution in [-0.2, 0) is 4.79 Å². The molecule has 0 aliphatic carbocycles. The molecule has 20 heavy (non-hydrogen) atoms. The predicted molar refractivity (Wildman–Crippen MR) is 76.3 cm³/mol. The Hall–Kier alpha value is -1.98. The van der Waals surface area contributed by atoms with Gasteiger partial charge in [0.1, 0.15) is 0 Å². The summed E-state index contributed by atoms with van der Waals surface area (Å²) < 4.78 is 0. The Morgan fingerprint density at radius 3 is 2.50 bits per heavy atom. The zero-order valence-electron chi connectivity index (χ0n) is 11.4. The van der Waals surface area contributed by atoms with Gasteiger partial charge in [-0.15, -0.1) is 0 Å². The van der Waals surface area contributed by atoms with Crippen LogP contribution in [-0.4, -0.2) is 38.5 Å². The van der Waals surface area contributed by atoms with Crippen molar-refractivity contribution in [3.63, 3.8) is 0 Å². The van der Waals surface area contributed by atoms with Crippen molar-refractivity contribution < 1.29 is 20.1 Å². The Labute approximate surface area is 117 Å². The SMILES string of the molecule is CC(O)(CCO)CC(=O)O.c1ccc2ncccc2c1. The number of carboxylic acid groups (broad SMARTS) is 1. The van der Waals surface area contributed by atoms with Crippen molar-refractivity contribution in [1.82, 2.24) is 4.98 Å². The lowest BCUT2D eigenvalue weighted by atomic mass is 9.99. The number of hydrogen-bond acceptors (Lipinski definition) is 4. The molecule has 0 aliphatic rings. The zero-order chi connectivity index (χ0) is 15.0. The molecule has 0 amide bonds. The lowest BCUT2D eigenvalue weighted by Gasteiger charge is -2.18. The number of benzene rings is 1. The second kappa shape index (κ2) is 7.57. The maximum absolute atomic E-state index is 10.0. The average Bonchev–Trinajstić information content (AvgIpc) is 2.38. The summed E-state index contributed by atoms with van der Waals surface area (Å²) in [7, 11) is 0. The molecule has 0 aliphatic heterocycles. The Bertz CT molecular complexity index is 489. The van der Waals surface area contributed by atoms with Crippen LogP contribution >= 0.6 is 0 Å². The number of aliphatic hydroxyl groups is 2. The monoisotopic (exact) mass is 277 g/mol. The fourth-order valence-electron chi connectivity index (χ4n) is 1.67. The number of carboxylic acids is 1. The van der Waals surface area contributed by atoms with Crippen molar-refractivity contribution in [2.75, 3.05) is 6.61 Å². The topological polar surface area (TPSA) is 90.7 Å². The zero-order valence-corrected chi connectivity index (χ0v) is 11.4. The first-order chi connectivity index (χ1) is 9.44. The van der Waals surface area contributed by atoms with E-state index in [4.69, 9.17) is 15.3 Å². The van der Waals surface area contributed by atoms with Crippen molar-refractivity contribution in [2.45, 2.75) is 25.4 Å². The molecule has 0 radical (unpaired) electrons. The van der Waals surface area contributed by atoms with Gasteiger partial charge < -0.3 is 15.3 Å². The number of aliphatic carboxylic acids is 1. The van der Waals surface area contributed by atoms with E-state index in [-0.39, 0.29) is 19.4 Å². The third-order valence-corrected chi connectivity index (χ3v) is 2.69. The summed E-state index contributed by atoms with van der Waals surface area (Å²) in [5.74, 6) is -1.06. The van der Waals surface area contributed by atoms with Gasteiger partial charge in [0.25, 0.3) is 0 Å². The molecule has 0 fully saturated rings. The number of carbonyl (C=O) groups is 1. The van der Waals surface area contributed by atoms with Gasteiger partial charge in [0.05, 0.1) is 17.5 Å². The van der Waals surface area contributed by atoms with Crippen LogP contribution in [0.1, 0.15) is 19.8 Å². The van der Waals surface area contributed by atoms with Crippen LogP contribution in [0.4, 0.5) is 0 Å². The van der Waals surface area contributed by atoms with Crippen molar-refractivity contribution >= 4 is 16.9 Å². The summed E-state index contributed by atoms with van der Waals surface area (Å²) in [6, 6.07) is 12.1. The average molecular weight is 277 g/mol. The maximum atomic E-state index is 10.0. The van der Waals surface area contributed by atoms with Gasteiger partial charge in [-0.05, 0) is 25.5 Å². The number of pyridine rings is 1. The Balaban J connectivity index is 0.000000200. The molecule has 1 aromatic carbocycles. The second-order valence-electron chi connectivity index (χ2n) is 4.74. The van der Waals surface area contributed by atoms with Crippen molar-refractivity contribution in [3.8, 4) is 0 Å². The van der Waals surface area contributed by atoms with Gasteiger partial charge in [-0.2, -0.15) is 0 Å². The highest BCUT2D eigenvalue weighted by Crippen LogP contribution is 2.12. The first-order valence-electron chi connectivity index (χ1n) is 6.29. The third-order valence-electron chi connectivity index (χ3n) is 2.69. The largest absolute Gasteiger partial charge is 0.481 e. The summed E-state index contributed by atoms with van der Waals surface area (Å²) in [5.41, 5.74) is -0.217. The van der Waals surface area contributed by atoms with Crippen LogP contribution in [0, 0.1) is 0 Å². The molecule has 1 aromatic heterocycles. The van der Waals surface area contributed by atoms with Crippen LogP contribution < -0.4 is 0 Å². The molecule has 0 saturated carbocycles. The van der Waals surface area contributed by atoms with E-state index in [0.29, 0.717) is 0 Å². The Morgan fingerprint density at radius 2 is 1.90 bits per heavy atom. The maximum Gasteiger partial charge on any atom is 0.306 e. The van der Waals surface area contributed by atoms with E-state index >= 15 is 0 Å². The highest BCUT2D eigenvalue weighted by molar-refractivity contribution is 5.77. The van der Waals surface area contributed by atoms with Crippen LogP contribution in [0.15, 0.2) is 42.6 Å². The van der Waals surface area contributed by atoms with E-state index in [1.165, 1.54) is 12.3 Å². The van der Waals surface area contributed by atoms with Gasteiger partial charge in [-0.3, -0.25) is 9.78 Å². The van der Waals surface area contributed by atoms with E-state index in [9.17, 15) is 4.79 Å². The molecule has 0 spiro atoms. The summed E-state index contributed by atoms with van der Waals surface area (Å²) in [4.78, 5) is 14.2. The molecule has 2 rings (SSSR count). The Kier molecular flexibility index (Phi) is 6.09. The van der Waals surface area contributed by atoms with Crippen molar-refractivity contribution in [1.29, 1.82) is 0 Å². The van der Waals surface area contributed by atoms with Crippen LogP contribution in [0.2, 0.25) is 0 Å². The number of aliphatic hydroxyl groups excluding tert-OH is 1. The number of fused-ring (bicyclic) bond motifs is 1. The van der Waals surface area contributed by atoms with Gasteiger partial charge in [0.2, 0.25) is 0 Å². The predicted octanol–water partition coefficient (Wildman–Crippen LogP) is 1.83. The fourth-order valence-corrected chi connectivity index (χ4v) is 1.67. The van der Waals surface area contributed by atoms with Crippen LogP contribution in [0.5, 0.6) is 0 Å². The standard InChI is InChI=1S/C9H7N.C6H12O4/c1-2-6-9-8(4-1)5-3-7-10-9;1-6(10,2-3-7)4-5(8)9/h1-7H;7,10H,2-4H2,1H3,(H,8,9). The third kappa shape index (κ3) is 5.77. The first kappa shape index (κ1) is 16.1. The molecular weight excluding hydrogens is 258 g/mol. The normalized spacial score (nSPS) is 13.2. The smallest absolute Gasteiger partial charge is 0.306 e. The molecule has 1 unspecified atom stereocenters. The highest BCUT2D eigenvalue weighted by atomic mass is 16.4. The summed E-state index contributed by atoms with van der Waals surface area (Å²) in [5, 5.41) is 26.9. The Morgan fingerprint density at radius 1 is 1.25 bits per heavy atom. The summed E-state index contributed by atoms with van der Waals surface area (Å²) in [6.07, 6.45) is 1.58. The molecule has 0 saturated heterocycles. The van der Waals surface area contributed by atoms with E-state index in [0.717, 1.165) is 5.52 Å². The van der Waals surface area contributed by atoms with Gasteiger partial charge in [-0.1, -0.05) is 24.3 Å². The van der Waals surface area contributed by atoms with Crippen LogP contribution in [0.3, 0.4) is 0 Å². The lowest BCUT2D eigenvalue weighted by molar-refractivity contribution is -0.142. The van der Waals surface area contributed by atoms with Gasteiger partial charge in [-0.25, -0.2) is 0 Å². The quantitative estimate of drug-likeness (QED) is 0.793. The molecule has 108 valence electrons. The second-order valence-corrected chi connectivity index (χ2v) is 4.74. The first-order valence-corrected chi connectivity index (χ1v) is 6.29. The molecule has 2 aromatic rings. The molecule has 5 heteroatoms. The van der Waals surface area contributed by atoms with Crippen LogP contribution in [0.25, 0.3) is 10.9 Å². The van der Waals surface area contributed by atoms with Gasteiger partial charge in [0, 0.05) is 18.2 Å². The number of rotatable bonds is 4. The minimum Gasteiger partial charge on any atom is -0.481 e. The number of para-hydroxylation sites is 1. The van der Waals surface area contributed by atoms with Crippen molar-refractivity contribution in [2.24, 2.45) is 0 Å². The number of nitrogens with zero attached hydrogens (tertiary/aromatic N) is 1. The molecule has 3 N–H and O–H groups in total. The summed E-state index contributed by atoms with van der Waals surface area (Å²) in [6.45, 7) is 1.19. The molecule has 0 bridgehead atoms. The van der Waals surface area contributed by atoms with E-state index in [1.54, 1.807) is 0 Å². The van der Waals surface area contributed by atoms with E-state index in [2.05, 4.69) is 17.1 Å². The van der Waals surface area contributed by atoms with E-state index in [1.807, 2.05) is 30.5 Å². The molecule has 5 nitrogen and oxygen atoms in total. The highest BCUT2D eigenvalue weighted by Gasteiger charge is 2.22. The number of hydrogen-bond donors (Lipinski definition) is 3. The number of aromatic nitrogens is 1. The van der Waals surface area contributed by atoms with E-state index < -0.39 is 11.6 Å². The van der Waals surface area contributed by atoms with Gasteiger partial charge in [0.15, 0.2) is 0 Å². The molecule has 1 atom stereocenters. The van der Waals surface area contributed by atoms with Crippen molar-refractivity contribution in [3.05, 3.63) is 42.6 Å². The minimum absolute atomic E-state index is 0.0965. The molecule has 1 heterocycles. The van der Waals surface area contributed by atoms with Gasteiger partial charge >= 0.3 is 5.97 Å². The minimum atomic E-state index is -1.28. The molecular formula is C15H19NO4. The summed E-state index contributed by atoms with van der Waals surface area (Å²) >= 11 is 0. The lowest BCUT2D eigenvalue weighted by Crippen LogP contribution is -2.28.